The Bertz CT molecular complexity index is 487. The minimum absolute atomic E-state index is 0.252. The van der Waals surface area contributed by atoms with Crippen LogP contribution in [0.5, 0.6) is 5.75 Å². The standard InChI is InChI=1S/C15H20N2O/c1-3-18-14-6-4-12(5-7-14)15(10-16)13-8-9-17(2)11-13/h4-9,11,15H,3,10,16H2,1-2H3. The van der Waals surface area contributed by atoms with Gasteiger partial charge in [0.1, 0.15) is 5.75 Å². The van der Waals surface area contributed by atoms with E-state index < -0.39 is 0 Å². The monoisotopic (exact) mass is 244 g/mol. The molecule has 1 unspecified atom stereocenters. The molecule has 18 heavy (non-hydrogen) atoms. The Balaban J connectivity index is 2.22. The first-order chi connectivity index (χ1) is 8.74. The highest BCUT2D eigenvalue weighted by atomic mass is 16.5. The van der Waals surface area contributed by atoms with Crippen molar-refractivity contribution in [2.45, 2.75) is 12.8 Å². The molecule has 0 aliphatic carbocycles. The van der Waals surface area contributed by atoms with Gasteiger partial charge >= 0.3 is 0 Å². The summed E-state index contributed by atoms with van der Waals surface area (Å²) in [7, 11) is 2.02. The minimum atomic E-state index is 0.252. The van der Waals surface area contributed by atoms with Crippen LogP contribution in [0.2, 0.25) is 0 Å². The second-order valence-electron chi connectivity index (χ2n) is 4.40. The zero-order valence-electron chi connectivity index (χ0n) is 11.0. The van der Waals surface area contributed by atoms with Crippen LogP contribution in [-0.4, -0.2) is 17.7 Å². The van der Waals surface area contributed by atoms with E-state index in [1.807, 2.05) is 36.9 Å². The predicted octanol–water partition coefficient (Wildman–Crippen LogP) is 2.51. The highest BCUT2D eigenvalue weighted by molar-refractivity contribution is 5.35. The van der Waals surface area contributed by atoms with Gasteiger partial charge < -0.3 is 15.0 Å². The topological polar surface area (TPSA) is 40.2 Å². The number of ether oxygens (including phenoxy) is 1. The molecule has 1 heterocycles. The van der Waals surface area contributed by atoms with Crippen molar-refractivity contribution in [2.24, 2.45) is 12.8 Å². The molecule has 2 N–H and O–H groups in total. The summed E-state index contributed by atoms with van der Waals surface area (Å²) >= 11 is 0. The zero-order valence-corrected chi connectivity index (χ0v) is 11.0. The molecule has 96 valence electrons. The van der Waals surface area contributed by atoms with Crippen molar-refractivity contribution in [1.29, 1.82) is 0 Å². The van der Waals surface area contributed by atoms with E-state index >= 15 is 0 Å². The first-order valence-electron chi connectivity index (χ1n) is 6.29. The molecule has 0 fully saturated rings. The SMILES string of the molecule is CCOc1ccc(C(CN)c2ccn(C)c2)cc1. The molecular weight excluding hydrogens is 224 g/mol. The van der Waals surface area contributed by atoms with Crippen molar-refractivity contribution >= 4 is 0 Å². The smallest absolute Gasteiger partial charge is 0.119 e. The molecule has 3 nitrogen and oxygen atoms in total. The van der Waals surface area contributed by atoms with Crippen LogP contribution in [0.4, 0.5) is 0 Å². The van der Waals surface area contributed by atoms with E-state index in [1.165, 1.54) is 11.1 Å². The predicted molar refractivity (Wildman–Crippen MR) is 73.9 cm³/mol. The van der Waals surface area contributed by atoms with Crippen LogP contribution < -0.4 is 10.5 Å². The van der Waals surface area contributed by atoms with Crippen molar-refractivity contribution < 1.29 is 4.74 Å². The lowest BCUT2D eigenvalue weighted by molar-refractivity contribution is 0.340. The molecule has 0 bridgehead atoms. The third-order valence-corrected chi connectivity index (χ3v) is 3.09. The summed E-state index contributed by atoms with van der Waals surface area (Å²) in [4.78, 5) is 0. The quantitative estimate of drug-likeness (QED) is 0.878. The summed E-state index contributed by atoms with van der Waals surface area (Å²) in [6.45, 7) is 3.29. The fourth-order valence-electron chi connectivity index (χ4n) is 2.16. The second kappa shape index (κ2) is 5.74. The van der Waals surface area contributed by atoms with Gasteiger partial charge in [0.05, 0.1) is 6.61 Å². The van der Waals surface area contributed by atoms with Crippen LogP contribution in [0.3, 0.4) is 0 Å². The maximum Gasteiger partial charge on any atom is 0.119 e. The lowest BCUT2D eigenvalue weighted by Crippen LogP contribution is -2.13. The summed E-state index contributed by atoms with van der Waals surface area (Å²) in [5.74, 6) is 1.16. The Kier molecular flexibility index (Phi) is 4.05. The fourth-order valence-corrected chi connectivity index (χ4v) is 2.16. The molecule has 0 saturated carbocycles. The van der Waals surface area contributed by atoms with Crippen molar-refractivity contribution in [3.8, 4) is 5.75 Å². The van der Waals surface area contributed by atoms with Crippen molar-refractivity contribution in [1.82, 2.24) is 4.57 Å². The second-order valence-corrected chi connectivity index (χ2v) is 4.40. The van der Waals surface area contributed by atoms with Gasteiger partial charge in [0, 0.05) is 31.9 Å². The number of nitrogens with two attached hydrogens (primary N) is 1. The highest BCUT2D eigenvalue weighted by Crippen LogP contribution is 2.25. The largest absolute Gasteiger partial charge is 0.494 e. The molecule has 2 aromatic rings. The van der Waals surface area contributed by atoms with Gasteiger partial charge in [-0.1, -0.05) is 12.1 Å². The number of aryl methyl sites for hydroxylation is 1. The fraction of sp³-hybridized carbons (Fsp3) is 0.333. The van der Waals surface area contributed by atoms with E-state index in [9.17, 15) is 0 Å². The number of aromatic nitrogens is 1. The minimum Gasteiger partial charge on any atom is -0.494 e. The number of nitrogens with zero attached hydrogens (tertiary/aromatic N) is 1. The molecule has 0 spiro atoms. The highest BCUT2D eigenvalue weighted by Gasteiger charge is 2.13. The van der Waals surface area contributed by atoms with E-state index in [0.717, 1.165) is 5.75 Å². The van der Waals surface area contributed by atoms with Crippen molar-refractivity contribution in [3.05, 3.63) is 53.9 Å². The maximum atomic E-state index is 5.90. The van der Waals surface area contributed by atoms with Crippen LogP contribution >= 0.6 is 0 Å². The van der Waals surface area contributed by atoms with Gasteiger partial charge in [-0.25, -0.2) is 0 Å². The molecule has 2 rings (SSSR count). The van der Waals surface area contributed by atoms with Gasteiger partial charge in [0.15, 0.2) is 0 Å². The van der Waals surface area contributed by atoms with Crippen molar-refractivity contribution in [2.75, 3.05) is 13.2 Å². The molecular formula is C15H20N2O. The summed E-state index contributed by atoms with van der Waals surface area (Å²) in [6.07, 6.45) is 4.17. The van der Waals surface area contributed by atoms with E-state index in [0.29, 0.717) is 13.2 Å². The lowest BCUT2D eigenvalue weighted by Gasteiger charge is -2.14. The van der Waals surface area contributed by atoms with Crippen LogP contribution in [0.15, 0.2) is 42.7 Å². The van der Waals surface area contributed by atoms with Gasteiger partial charge in [-0.05, 0) is 36.2 Å². The third-order valence-electron chi connectivity index (χ3n) is 3.09. The molecule has 0 radical (unpaired) electrons. The number of hydrogen-bond acceptors (Lipinski definition) is 2. The first kappa shape index (κ1) is 12.7. The number of hydrogen-bond donors (Lipinski definition) is 1. The van der Waals surface area contributed by atoms with E-state index in [-0.39, 0.29) is 5.92 Å². The Morgan fingerprint density at radius 1 is 1.17 bits per heavy atom. The lowest BCUT2D eigenvalue weighted by atomic mass is 9.93. The van der Waals surface area contributed by atoms with Gasteiger partial charge in [0.2, 0.25) is 0 Å². The molecule has 1 aromatic heterocycles. The first-order valence-corrected chi connectivity index (χ1v) is 6.29. The van der Waals surface area contributed by atoms with Gasteiger partial charge in [-0.3, -0.25) is 0 Å². The molecule has 0 saturated heterocycles. The summed E-state index contributed by atoms with van der Waals surface area (Å²) in [5, 5.41) is 0. The number of benzene rings is 1. The van der Waals surface area contributed by atoms with E-state index in [1.54, 1.807) is 0 Å². The molecule has 1 aromatic carbocycles. The Morgan fingerprint density at radius 3 is 2.39 bits per heavy atom. The molecule has 0 aliphatic rings. The zero-order chi connectivity index (χ0) is 13.0. The van der Waals surface area contributed by atoms with E-state index in [4.69, 9.17) is 10.5 Å². The molecule has 0 aliphatic heterocycles. The maximum absolute atomic E-state index is 5.90. The Hall–Kier alpha value is -1.74. The van der Waals surface area contributed by atoms with Crippen LogP contribution in [0.25, 0.3) is 0 Å². The Labute approximate surface area is 108 Å². The molecule has 0 amide bonds. The summed E-state index contributed by atoms with van der Waals surface area (Å²) in [6, 6.07) is 10.3. The summed E-state index contributed by atoms with van der Waals surface area (Å²) < 4.78 is 7.50. The third kappa shape index (κ3) is 2.74. The normalized spacial score (nSPS) is 12.4. The van der Waals surface area contributed by atoms with Crippen LogP contribution in [0, 0.1) is 0 Å². The summed E-state index contributed by atoms with van der Waals surface area (Å²) in [5.41, 5.74) is 8.38. The number of rotatable bonds is 5. The molecule has 1 atom stereocenters. The van der Waals surface area contributed by atoms with Gasteiger partial charge in [-0.15, -0.1) is 0 Å². The average molecular weight is 244 g/mol. The average Bonchev–Trinajstić information content (AvgIpc) is 2.79. The van der Waals surface area contributed by atoms with Crippen LogP contribution in [-0.2, 0) is 7.05 Å². The Morgan fingerprint density at radius 2 is 1.89 bits per heavy atom. The van der Waals surface area contributed by atoms with Crippen LogP contribution in [0.1, 0.15) is 24.0 Å². The van der Waals surface area contributed by atoms with Gasteiger partial charge in [-0.2, -0.15) is 0 Å². The van der Waals surface area contributed by atoms with Crippen molar-refractivity contribution in [3.63, 3.8) is 0 Å². The van der Waals surface area contributed by atoms with E-state index in [2.05, 4.69) is 24.4 Å². The van der Waals surface area contributed by atoms with Gasteiger partial charge in [0.25, 0.3) is 0 Å². The molecule has 3 heteroatoms.